The first-order chi connectivity index (χ1) is 12.0. The Morgan fingerprint density at radius 1 is 0.920 bits per heavy atom. The van der Waals surface area contributed by atoms with Crippen LogP contribution in [-0.4, -0.2) is 23.9 Å². The summed E-state index contributed by atoms with van der Waals surface area (Å²) in [6.07, 6.45) is 13.3. The molecule has 4 rings (SSSR count). The van der Waals surface area contributed by atoms with E-state index in [4.69, 9.17) is 4.74 Å². The highest BCUT2D eigenvalue weighted by Crippen LogP contribution is 2.65. The molecule has 8 atom stereocenters. The van der Waals surface area contributed by atoms with E-state index in [9.17, 15) is 5.11 Å². The first-order valence-electron chi connectivity index (χ1n) is 11.3. The van der Waals surface area contributed by atoms with Gasteiger partial charge in [0.05, 0.1) is 12.2 Å². The molecule has 4 fully saturated rings. The minimum absolute atomic E-state index is 0.534. The molecule has 0 aromatic carbocycles. The summed E-state index contributed by atoms with van der Waals surface area (Å²) in [5, 5.41) is 11.0. The van der Waals surface area contributed by atoms with Crippen molar-refractivity contribution in [3.63, 3.8) is 0 Å². The molecule has 4 aliphatic rings. The van der Waals surface area contributed by atoms with Crippen molar-refractivity contribution in [1.82, 2.24) is 0 Å². The topological polar surface area (TPSA) is 29.5 Å². The van der Waals surface area contributed by atoms with Gasteiger partial charge in [0.2, 0.25) is 0 Å². The molecule has 1 N–H and O–H groups in total. The molecular weight excluding hydrogens is 308 g/mol. The minimum Gasteiger partial charge on any atom is -0.387 e. The third kappa shape index (κ3) is 3.00. The molecule has 2 nitrogen and oxygen atoms in total. The predicted octanol–water partition coefficient (Wildman–Crippen LogP) is 5.43. The van der Waals surface area contributed by atoms with E-state index in [1.807, 2.05) is 6.92 Å². The van der Waals surface area contributed by atoms with Gasteiger partial charge in [0.25, 0.3) is 0 Å². The van der Waals surface area contributed by atoms with Crippen molar-refractivity contribution < 1.29 is 9.84 Å². The van der Waals surface area contributed by atoms with Gasteiger partial charge in [-0.2, -0.15) is 0 Å². The Bertz CT molecular complexity index is 477. The Labute approximate surface area is 155 Å². The Kier molecular flexibility index (Phi) is 4.99. The first-order valence-corrected chi connectivity index (χ1v) is 11.3. The summed E-state index contributed by atoms with van der Waals surface area (Å²) in [4.78, 5) is 0. The van der Waals surface area contributed by atoms with Crippen molar-refractivity contribution in [2.75, 3.05) is 13.2 Å². The van der Waals surface area contributed by atoms with Crippen LogP contribution in [0.3, 0.4) is 0 Å². The van der Waals surface area contributed by atoms with Crippen LogP contribution >= 0.6 is 0 Å². The van der Waals surface area contributed by atoms with E-state index >= 15 is 0 Å². The summed E-state index contributed by atoms with van der Waals surface area (Å²) < 4.78 is 5.61. The largest absolute Gasteiger partial charge is 0.387 e. The zero-order chi connectivity index (χ0) is 17.7. The maximum absolute atomic E-state index is 11.0. The monoisotopic (exact) mass is 348 g/mol. The third-order valence-corrected chi connectivity index (χ3v) is 9.37. The van der Waals surface area contributed by atoms with E-state index in [0.29, 0.717) is 12.0 Å². The second kappa shape index (κ2) is 6.82. The average molecular weight is 349 g/mol. The second-order valence-corrected chi connectivity index (χ2v) is 10.3. The fraction of sp³-hybridized carbons (Fsp3) is 1.00. The van der Waals surface area contributed by atoms with Crippen molar-refractivity contribution >= 4 is 0 Å². The molecule has 0 amide bonds. The molecule has 0 aromatic heterocycles. The number of hydrogen-bond donors (Lipinski definition) is 1. The van der Waals surface area contributed by atoms with Crippen molar-refractivity contribution in [1.29, 1.82) is 0 Å². The molecule has 25 heavy (non-hydrogen) atoms. The summed E-state index contributed by atoms with van der Waals surface area (Å²) in [7, 11) is 0. The number of hydrogen-bond acceptors (Lipinski definition) is 2. The Hall–Kier alpha value is -0.0800. The maximum Gasteiger partial charge on any atom is 0.0883 e. The van der Waals surface area contributed by atoms with Gasteiger partial charge in [-0.15, -0.1) is 0 Å². The average Bonchev–Trinajstić information content (AvgIpc) is 2.96. The molecule has 4 aliphatic carbocycles. The molecule has 144 valence electrons. The Balaban J connectivity index is 1.46. The smallest absolute Gasteiger partial charge is 0.0883 e. The van der Waals surface area contributed by atoms with Crippen LogP contribution in [-0.2, 0) is 4.74 Å². The van der Waals surface area contributed by atoms with E-state index in [2.05, 4.69) is 13.8 Å². The summed E-state index contributed by atoms with van der Waals surface area (Å²) in [5.41, 5.74) is 0.112. The van der Waals surface area contributed by atoms with Gasteiger partial charge in [0.1, 0.15) is 0 Å². The van der Waals surface area contributed by atoms with Crippen LogP contribution in [0.15, 0.2) is 0 Å². The first kappa shape index (κ1) is 18.3. The van der Waals surface area contributed by atoms with Crippen molar-refractivity contribution in [2.24, 2.45) is 40.9 Å². The molecule has 0 bridgehead atoms. The lowest BCUT2D eigenvalue weighted by Gasteiger charge is -2.57. The maximum atomic E-state index is 11.0. The summed E-state index contributed by atoms with van der Waals surface area (Å²) in [6.45, 7) is 8.37. The minimum atomic E-state index is -0.534. The van der Waals surface area contributed by atoms with Gasteiger partial charge in [-0.25, -0.2) is 0 Å². The van der Waals surface area contributed by atoms with Crippen LogP contribution in [0, 0.1) is 40.9 Å². The van der Waals surface area contributed by atoms with Crippen LogP contribution in [0.2, 0.25) is 0 Å². The van der Waals surface area contributed by atoms with Crippen LogP contribution in [0.5, 0.6) is 0 Å². The zero-order valence-corrected chi connectivity index (χ0v) is 16.8. The van der Waals surface area contributed by atoms with E-state index in [0.717, 1.165) is 55.0 Å². The molecule has 8 unspecified atom stereocenters. The zero-order valence-electron chi connectivity index (χ0n) is 16.8. The van der Waals surface area contributed by atoms with Crippen LogP contribution in [0.4, 0.5) is 0 Å². The third-order valence-electron chi connectivity index (χ3n) is 9.37. The number of rotatable bonds is 4. The van der Waals surface area contributed by atoms with E-state index < -0.39 is 5.60 Å². The number of aliphatic hydroxyl groups is 1. The molecule has 0 radical (unpaired) electrons. The summed E-state index contributed by atoms with van der Waals surface area (Å²) in [5.74, 6) is 5.60. The highest BCUT2D eigenvalue weighted by Gasteiger charge is 2.57. The van der Waals surface area contributed by atoms with Crippen LogP contribution in [0.25, 0.3) is 0 Å². The molecule has 0 heterocycles. The molecule has 0 aromatic rings. The van der Waals surface area contributed by atoms with Gasteiger partial charge >= 0.3 is 0 Å². The van der Waals surface area contributed by atoms with Gasteiger partial charge in [0, 0.05) is 6.61 Å². The van der Waals surface area contributed by atoms with Crippen LogP contribution in [0.1, 0.15) is 85.0 Å². The quantitative estimate of drug-likeness (QED) is 0.734. The summed E-state index contributed by atoms with van der Waals surface area (Å²) >= 11 is 0. The van der Waals surface area contributed by atoms with Gasteiger partial charge in [0.15, 0.2) is 0 Å². The van der Waals surface area contributed by atoms with Gasteiger partial charge < -0.3 is 9.84 Å². The molecule has 0 spiro atoms. The number of ether oxygens (including phenoxy) is 1. The Morgan fingerprint density at radius 2 is 1.72 bits per heavy atom. The SMILES string of the molecule is CCOCC1(O)CCC2C(CCC3C2CCC2(C)C(CC)CCC32)C1. The predicted molar refractivity (Wildman–Crippen MR) is 102 cm³/mol. The lowest BCUT2D eigenvalue weighted by atomic mass is 9.49. The Morgan fingerprint density at radius 3 is 2.48 bits per heavy atom. The van der Waals surface area contributed by atoms with E-state index in [1.165, 1.54) is 51.4 Å². The van der Waals surface area contributed by atoms with E-state index in [1.54, 1.807) is 0 Å². The molecule has 0 saturated heterocycles. The van der Waals surface area contributed by atoms with Gasteiger partial charge in [-0.1, -0.05) is 20.3 Å². The van der Waals surface area contributed by atoms with Crippen LogP contribution < -0.4 is 0 Å². The van der Waals surface area contributed by atoms with Crippen molar-refractivity contribution in [2.45, 2.75) is 90.6 Å². The van der Waals surface area contributed by atoms with E-state index in [-0.39, 0.29) is 0 Å². The molecule has 0 aliphatic heterocycles. The second-order valence-electron chi connectivity index (χ2n) is 10.3. The standard InChI is InChI=1S/C23H40O2/c1-4-17-7-9-21-20-8-6-16-14-23(24,15-25-5-2)13-11-18(16)19(20)10-12-22(17,21)3/h16-21,24H,4-15H2,1-3H3. The van der Waals surface area contributed by atoms with Gasteiger partial charge in [-0.05, 0) is 106 Å². The number of fused-ring (bicyclic) bond motifs is 5. The van der Waals surface area contributed by atoms with Gasteiger partial charge in [-0.3, -0.25) is 0 Å². The molecule has 2 heteroatoms. The normalized spacial score (nSPS) is 52.3. The molecule has 4 saturated carbocycles. The highest BCUT2D eigenvalue weighted by molar-refractivity contribution is 5.06. The lowest BCUT2D eigenvalue weighted by molar-refractivity contribution is -0.128. The van der Waals surface area contributed by atoms with Crippen molar-refractivity contribution in [3.05, 3.63) is 0 Å². The fourth-order valence-electron chi connectivity index (χ4n) is 8.17. The van der Waals surface area contributed by atoms with Crippen molar-refractivity contribution in [3.8, 4) is 0 Å². The highest BCUT2D eigenvalue weighted by atomic mass is 16.5. The lowest BCUT2D eigenvalue weighted by Crippen LogP contribution is -2.51. The molecular formula is C23H40O2. The summed E-state index contributed by atoms with van der Waals surface area (Å²) in [6, 6.07) is 0. The fourth-order valence-corrected chi connectivity index (χ4v) is 8.17.